The molecule has 6 nitrogen and oxygen atoms in total. The Balaban J connectivity index is 1.67. The molecule has 0 atom stereocenters. The van der Waals surface area contributed by atoms with Crippen LogP contribution in [0.3, 0.4) is 0 Å². The van der Waals surface area contributed by atoms with Crippen molar-refractivity contribution in [3.05, 3.63) is 23.8 Å². The highest BCUT2D eigenvalue weighted by molar-refractivity contribution is 6.02. The third kappa shape index (κ3) is 5.27. The number of benzene rings is 1. The predicted molar refractivity (Wildman–Crippen MR) is 101 cm³/mol. The second kappa shape index (κ2) is 8.84. The molecule has 0 aliphatic carbocycles. The van der Waals surface area contributed by atoms with E-state index in [9.17, 15) is 27.6 Å². The summed E-state index contributed by atoms with van der Waals surface area (Å²) >= 11 is 0. The molecule has 0 radical (unpaired) electrons. The highest BCUT2D eigenvalue weighted by Crippen LogP contribution is 2.36. The number of nitrogens with one attached hydrogen (secondary N) is 1. The minimum Gasteiger partial charge on any atom is -0.370 e. The molecule has 1 aromatic carbocycles. The van der Waals surface area contributed by atoms with E-state index >= 15 is 0 Å². The van der Waals surface area contributed by atoms with Crippen LogP contribution < -0.4 is 10.2 Å². The van der Waals surface area contributed by atoms with E-state index < -0.39 is 17.6 Å². The molecule has 0 aromatic heterocycles. The molecule has 2 fully saturated rings. The molecule has 9 heteroatoms. The monoisotopic (exact) mass is 411 g/mol. The maximum absolute atomic E-state index is 13.1. The van der Waals surface area contributed by atoms with Crippen molar-refractivity contribution < 1.29 is 27.6 Å². The van der Waals surface area contributed by atoms with Crippen LogP contribution in [0.25, 0.3) is 0 Å². The van der Waals surface area contributed by atoms with Crippen molar-refractivity contribution in [2.24, 2.45) is 0 Å². The number of likely N-dealkylation sites (tertiary alicyclic amines) is 1. The van der Waals surface area contributed by atoms with Gasteiger partial charge in [-0.2, -0.15) is 13.2 Å². The first-order valence-corrected chi connectivity index (χ1v) is 9.85. The lowest BCUT2D eigenvalue weighted by molar-refractivity contribution is -0.139. The van der Waals surface area contributed by atoms with E-state index in [2.05, 4.69) is 5.32 Å². The Bertz CT molecular complexity index is 773. The average molecular weight is 411 g/mol. The number of anilines is 2. The number of amides is 3. The predicted octanol–water partition coefficient (Wildman–Crippen LogP) is 3.56. The van der Waals surface area contributed by atoms with Crippen LogP contribution in [0.2, 0.25) is 0 Å². The van der Waals surface area contributed by atoms with E-state index in [1.165, 1.54) is 6.07 Å². The Morgan fingerprint density at radius 3 is 2.31 bits per heavy atom. The van der Waals surface area contributed by atoms with Gasteiger partial charge in [0.25, 0.3) is 0 Å². The van der Waals surface area contributed by atoms with E-state index in [0.29, 0.717) is 5.69 Å². The highest BCUT2D eigenvalue weighted by atomic mass is 19.4. The Hall–Kier alpha value is -2.58. The van der Waals surface area contributed by atoms with Crippen LogP contribution in [0.4, 0.5) is 24.5 Å². The van der Waals surface area contributed by atoms with Gasteiger partial charge in [0.15, 0.2) is 0 Å². The molecule has 2 saturated heterocycles. The second-order valence-corrected chi connectivity index (χ2v) is 7.37. The van der Waals surface area contributed by atoms with Gasteiger partial charge in [-0.1, -0.05) is 0 Å². The van der Waals surface area contributed by atoms with Crippen molar-refractivity contribution in [2.45, 2.75) is 51.1 Å². The zero-order chi connectivity index (χ0) is 21.0. The van der Waals surface area contributed by atoms with Crippen LogP contribution in [0.15, 0.2) is 18.2 Å². The SMILES string of the molecule is O=C(CCCN1C(=O)CCC1=O)Nc1cc(C(F)(F)F)ccc1N1CCCCC1. The number of alkyl halides is 3. The van der Waals surface area contributed by atoms with Crippen molar-refractivity contribution in [3.8, 4) is 0 Å². The zero-order valence-corrected chi connectivity index (χ0v) is 16.1. The molecule has 3 amide bonds. The summed E-state index contributed by atoms with van der Waals surface area (Å²) in [5.74, 6) is -0.942. The quantitative estimate of drug-likeness (QED) is 0.727. The number of rotatable bonds is 6. The fourth-order valence-corrected chi connectivity index (χ4v) is 3.71. The summed E-state index contributed by atoms with van der Waals surface area (Å²) in [6.45, 7) is 1.60. The van der Waals surface area contributed by atoms with Gasteiger partial charge in [-0.15, -0.1) is 0 Å². The van der Waals surface area contributed by atoms with Crippen molar-refractivity contribution in [2.75, 3.05) is 29.9 Å². The van der Waals surface area contributed by atoms with E-state index in [1.807, 2.05) is 4.90 Å². The lowest BCUT2D eigenvalue weighted by atomic mass is 10.1. The van der Waals surface area contributed by atoms with Crippen LogP contribution >= 0.6 is 0 Å². The Kier molecular flexibility index (Phi) is 6.44. The van der Waals surface area contributed by atoms with Gasteiger partial charge in [-0.25, -0.2) is 0 Å². The molecule has 3 rings (SSSR count). The molecule has 158 valence electrons. The number of carbonyl (C=O) groups excluding carboxylic acids is 3. The van der Waals surface area contributed by atoms with Gasteiger partial charge < -0.3 is 10.2 Å². The van der Waals surface area contributed by atoms with Crippen molar-refractivity contribution in [1.29, 1.82) is 0 Å². The summed E-state index contributed by atoms with van der Waals surface area (Å²) in [4.78, 5) is 38.7. The van der Waals surface area contributed by atoms with Crippen LogP contribution in [0.1, 0.15) is 50.5 Å². The summed E-state index contributed by atoms with van der Waals surface area (Å²) in [7, 11) is 0. The molecule has 2 aliphatic heterocycles. The van der Waals surface area contributed by atoms with Crippen LogP contribution in [0.5, 0.6) is 0 Å². The van der Waals surface area contributed by atoms with E-state index in [0.717, 1.165) is 49.4 Å². The van der Waals surface area contributed by atoms with E-state index in [1.54, 1.807) is 0 Å². The minimum atomic E-state index is -4.50. The fraction of sp³-hybridized carbons (Fsp3) is 0.550. The summed E-state index contributed by atoms with van der Waals surface area (Å²) in [5, 5.41) is 2.60. The van der Waals surface area contributed by atoms with Crippen molar-refractivity contribution in [3.63, 3.8) is 0 Å². The minimum absolute atomic E-state index is 0.00669. The lowest BCUT2D eigenvalue weighted by Gasteiger charge is -2.31. The molecular weight excluding hydrogens is 387 g/mol. The van der Waals surface area contributed by atoms with Gasteiger partial charge in [0.2, 0.25) is 17.7 Å². The van der Waals surface area contributed by atoms with Gasteiger partial charge in [0.1, 0.15) is 0 Å². The summed E-state index contributed by atoms with van der Waals surface area (Å²) in [6.07, 6.45) is -0.876. The normalized spacial score (nSPS) is 17.8. The van der Waals surface area contributed by atoms with Gasteiger partial charge in [-0.3, -0.25) is 19.3 Å². The third-order valence-electron chi connectivity index (χ3n) is 5.24. The Morgan fingerprint density at radius 2 is 1.69 bits per heavy atom. The molecule has 0 unspecified atom stereocenters. The first-order chi connectivity index (χ1) is 13.8. The van der Waals surface area contributed by atoms with E-state index in [4.69, 9.17) is 0 Å². The number of carbonyl (C=O) groups is 3. The van der Waals surface area contributed by atoms with Gasteiger partial charge in [0.05, 0.1) is 16.9 Å². The van der Waals surface area contributed by atoms with E-state index in [-0.39, 0.29) is 49.7 Å². The smallest absolute Gasteiger partial charge is 0.370 e. The highest BCUT2D eigenvalue weighted by Gasteiger charge is 2.32. The standard InChI is InChI=1S/C20H24F3N3O3/c21-20(22,23)14-6-7-16(25-10-2-1-3-11-25)15(13-14)24-17(27)5-4-12-26-18(28)8-9-19(26)29/h6-7,13H,1-5,8-12H2,(H,24,27). The van der Waals surface area contributed by atoms with Crippen LogP contribution in [0, 0.1) is 0 Å². The van der Waals surface area contributed by atoms with Gasteiger partial charge in [-0.05, 0) is 43.9 Å². The summed E-state index contributed by atoms with van der Waals surface area (Å²) < 4.78 is 39.4. The molecule has 0 spiro atoms. The van der Waals surface area contributed by atoms with Gasteiger partial charge in [0, 0.05) is 38.9 Å². The molecular formula is C20H24F3N3O3. The summed E-state index contributed by atoms with van der Waals surface area (Å²) in [5.41, 5.74) is -0.0992. The molecule has 29 heavy (non-hydrogen) atoms. The number of hydrogen-bond donors (Lipinski definition) is 1. The third-order valence-corrected chi connectivity index (χ3v) is 5.24. The largest absolute Gasteiger partial charge is 0.416 e. The molecule has 1 N–H and O–H groups in total. The average Bonchev–Trinajstić information content (AvgIpc) is 3.00. The molecule has 2 aliphatic rings. The lowest BCUT2D eigenvalue weighted by Crippen LogP contribution is -2.31. The number of imide groups is 1. The molecule has 0 bridgehead atoms. The number of halogens is 3. The molecule has 0 saturated carbocycles. The first kappa shape index (κ1) is 21.1. The van der Waals surface area contributed by atoms with Crippen molar-refractivity contribution >= 4 is 29.1 Å². The maximum atomic E-state index is 13.1. The van der Waals surface area contributed by atoms with Gasteiger partial charge >= 0.3 is 6.18 Å². The Labute approximate surface area is 167 Å². The topological polar surface area (TPSA) is 69.7 Å². The fourth-order valence-electron chi connectivity index (χ4n) is 3.71. The first-order valence-electron chi connectivity index (χ1n) is 9.85. The molecule has 2 heterocycles. The number of nitrogens with zero attached hydrogens (tertiary/aromatic N) is 2. The number of piperidine rings is 1. The number of hydrogen-bond acceptors (Lipinski definition) is 4. The Morgan fingerprint density at radius 1 is 1.03 bits per heavy atom. The summed E-state index contributed by atoms with van der Waals surface area (Å²) in [6, 6.07) is 3.41. The van der Waals surface area contributed by atoms with Crippen molar-refractivity contribution in [1.82, 2.24) is 4.90 Å². The molecule has 1 aromatic rings. The zero-order valence-electron chi connectivity index (χ0n) is 16.1. The van der Waals surface area contributed by atoms with Crippen LogP contribution in [-0.4, -0.2) is 42.3 Å². The second-order valence-electron chi connectivity index (χ2n) is 7.37. The maximum Gasteiger partial charge on any atom is 0.416 e. The van der Waals surface area contributed by atoms with Crippen LogP contribution in [-0.2, 0) is 20.6 Å².